The number of fused-ring (bicyclic) bond motifs is 1. The van der Waals surface area contributed by atoms with E-state index in [9.17, 15) is 0 Å². The Balaban J connectivity index is 1.72. The number of H-pyrrole nitrogens is 1. The average Bonchev–Trinajstić information content (AvgIpc) is 2.85. The molecule has 1 aromatic rings. The van der Waals surface area contributed by atoms with Crippen molar-refractivity contribution in [1.82, 2.24) is 20.4 Å². The molecule has 0 aromatic carbocycles. The van der Waals surface area contributed by atoms with Gasteiger partial charge in [-0.05, 0) is 32.4 Å². The fourth-order valence-corrected chi connectivity index (χ4v) is 2.75. The number of rotatable bonds is 2. The zero-order valence-electron chi connectivity index (χ0n) is 9.21. The second kappa shape index (κ2) is 3.61. The van der Waals surface area contributed by atoms with Crippen molar-refractivity contribution in [2.75, 3.05) is 20.1 Å². The van der Waals surface area contributed by atoms with Crippen LogP contribution >= 0.6 is 0 Å². The Morgan fingerprint density at radius 3 is 3.20 bits per heavy atom. The Bertz CT molecular complexity index is 357. The standard InChI is InChI=1S/C11H18N4/c1-15-3-2-8(7-15)4-10-9-5-12-6-11(9)14-13-10/h8,12H,2-7H2,1H3,(H,13,14). The third-order valence-electron chi connectivity index (χ3n) is 3.61. The van der Waals surface area contributed by atoms with Gasteiger partial charge in [-0.15, -0.1) is 0 Å². The maximum atomic E-state index is 4.44. The lowest BCUT2D eigenvalue weighted by Gasteiger charge is -2.09. The summed E-state index contributed by atoms with van der Waals surface area (Å²) in [7, 11) is 2.20. The largest absolute Gasteiger partial charge is 0.307 e. The third-order valence-corrected chi connectivity index (χ3v) is 3.61. The van der Waals surface area contributed by atoms with Gasteiger partial charge in [0.15, 0.2) is 0 Å². The molecule has 4 nitrogen and oxygen atoms in total. The van der Waals surface area contributed by atoms with E-state index < -0.39 is 0 Å². The molecule has 0 radical (unpaired) electrons. The van der Waals surface area contributed by atoms with E-state index in [4.69, 9.17) is 0 Å². The molecule has 1 unspecified atom stereocenters. The van der Waals surface area contributed by atoms with Gasteiger partial charge in [-0.1, -0.05) is 0 Å². The Hall–Kier alpha value is -0.870. The monoisotopic (exact) mass is 206 g/mol. The van der Waals surface area contributed by atoms with Gasteiger partial charge in [0, 0.05) is 25.2 Å². The van der Waals surface area contributed by atoms with E-state index in [2.05, 4.69) is 27.5 Å². The summed E-state index contributed by atoms with van der Waals surface area (Å²) in [6, 6.07) is 0. The Kier molecular flexibility index (Phi) is 2.25. The van der Waals surface area contributed by atoms with Crippen LogP contribution in [0.15, 0.2) is 0 Å². The number of likely N-dealkylation sites (tertiary alicyclic amines) is 1. The summed E-state index contributed by atoms with van der Waals surface area (Å²) in [5.41, 5.74) is 4.04. The van der Waals surface area contributed by atoms with Crippen LogP contribution in [0.5, 0.6) is 0 Å². The minimum Gasteiger partial charge on any atom is -0.307 e. The number of nitrogens with one attached hydrogen (secondary N) is 2. The minimum absolute atomic E-state index is 0.808. The van der Waals surface area contributed by atoms with Gasteiger partial charge in [-0.25, -0.2) is 0 Å². The summed E-state index contributed by atoms with van der Waals surface area (Å²) in [5, 5.41) is 10.9. The van der Waals surface area contributed by atoms with E-state index in [0.29, 0.717) is 0 Å². The van der Waals surface area contributed by atoms with Crippen molar-refractivity contribution >= 4 is 0 Å². The average molecular weight is 206 g/mol. The van der Waals surface area contributed by atoms with Crippen molar-refractivity contribution in [2.45, 2.75) is 25.9 Å². The van der Waals surface area contributed by atoms with Crippen molar-refractivity contribution < 1.29 is 0 Å². The van der Waals surface area contributed by atoms with Gasteiger partial charge in [0.2, 0.25) is 0 Å². The first-order valence-corrected chi connectivity index (χ1v) is 5.77. The fourth-order valence-electron chi connectivity index (χ4n) is 2.75. The number of hydrogen-bond acceptors (Lipinski definition) is 3. The molecule has 1 fully saturated rings. The number of nitrogens with zero attached hydrogens (tertiary/aromatic N) is 2. The van der Waals surface area contributed by atoms with Gasteiger partial charge < -0.3 is 10.2 Å². The van der Waals surface area contributed by atoms with E-state index in [1.165, 1.54) is 36.5 Å². The topological polar surface area (TPSA) is 44.0 Å². The first-order valence-electron chi connectivity index (χ1n) is 5.77. The van der Waals surface area contributed by atoms with Crippen LogP contribution in [0.4, 0.5) is 0 Å². The van der Waals surface area contributed by atoms with E-state index in [1.807, 2.05) is 0 Å². The highest BCUT2D eigenvalue weighted by Gasteiger charge is 2.24. The van der Waals surface area contributed by atoms with E-state index in [0.717, 1.165) is 25.4 Å². The minimum atomic E-state index is 0.808. The Morgan fingerprint density at radius 1 is 1.47 bits per heavy atom. The molecule has 1 atom stereocenters. The summed E-state index contributed by atoms with van der Waals surface area (Å²) in [4.78, 5) is 2.41. The lowest BCUT2D eigenvalue weighted by atomic mass is 10.00. The quantitative estimate of drug-likeness (QED) is 0.741. The van der Waals surface area contributed by atoms with Crippen molar-refractivity contribution in [2.24, 2.45) is 5.92 Å². The van der Waals surface area contributed by atoms with Crippen LogP contribution in [-0.4, -0.2) is 35.2 Å². The van der Waals surface area contributed by atoms with Crippen LogP contribution in [0.3, 0.4) is 0 Å². The zero-order valence-corrected chi connectivity index (χ0v) is 9.21. The molecule has 1 aromatic heterocycles. The maximum absolute atomic E-state index is 4.44. The molecular weight excluding hydrogens is 188 g/mol. The van der Waals surface area contributed by atoms with Gasteiger partial charge in [-0.3, -0.25) is 5.10 Å². The first-order chi connectivity index (χ1) is 7.33. The van der Waals surface area contributed by atoms with Crippen molar-refractivity contribution in [1.29, 1.82) is 0 Å². The fraction of sp³-hybridized carbons (Fsp3) is 0.727. The Morgan fingerprint density at radius 2 is 2.40 bits per heavy atom. The Labute approximate surface area is 90.0 Å². The molecule has 1 saturated heterocycles. The van der Waals surface area contributed by atoms with Gasteiger partial charge in [0.1, 0.15) is 0 Å². The van der Waals surface area contributed by atoms with Gasteiger partial charge in [0.25, 0.3) is 0 Å². The van der Waals surface area contributed by atoms with Crippen LogP contribution in [-0.2, 0) is 19.5 Å². The van der Waals surface area contributed by atoms with E-state index in [1.54, 1.807) is 0 Å². The molecule has 0 aliphatic carbocycles. The smallest absolute Gasteiger partial charge is 0.0673 e. The third kappa shape index (κ3) is 1.68. The first kappa shape index (κ1) is 9.36. The summed E-state index contributed by atoms with van der Waals surface area (Å²) < 4.78 is 0. The summed E-state index contributed by atoms with van der Waals surface area (Å²) in [5.74, 6) is 0.808. The van der Waals surface area contributed by atoms with Crippen LogP contribution in [0.1, 0.15) is 23.4 Å². The van der Waals surface area contributed by atoms with E-state index >= 15 is 0 Å². The molecule has 3 heterocycles. The van der Waals surface area contributed by atoms with Gasteiger partial charge in [0.05, 0.1) is 11.4 Å². The summed E-state index contributed by atoms with van der Waals surface area (Å²) >= 11 is 0. The molecule has 15 heavy (non-hydrogen) atoms. The molecular formula is C11H18N4. The highest BCUT2D eigenvalue weighted by molar-refractivity contribution is 5.28. The highest BCUT2D eigenvalue weighted by atomic mass is 15.2. The van der Waals surface area contributed by atoms with Crippen LogP contribution < -0.4 is 5.32 Å². The lowest BCUT2D eigenvalue weighted by Crippen LogP contribution is -2.15. The molecule has 82 valence electrons. The van der Waals surface area contributed by atoms with Crippen molar-refractivity contribution in [3.05, 3.63) is 17.0 Å². The summed E-state index contributed by atoms with van der Waals surface area (Å²) in [6.45, 7) is 4.45. The van der Waals surface area contributed by atoms with Gasteiger partial charge in [-0.2, -0.15) is 5.10 Å². The second-order valence-electron chi connectivity index (χ2n) is 4.85. The maximum Gasteiger partial charge on any atom is 0.0673 e. The number of hydrogen-bond donors (Lipinski definition) is 2. The number of aromatic nitrogens is 2. The number of aromatic amines is 1. The molecule has 0 spiro atoms. The normalized spacial score (nSPS) is 26.1. The molecule has 0 saturated carbocycles. The van der Waals surface area contributed by atoms with Crippen LogP contribution in [0.25, 0.3) is 0 Å². The molecule has 0 bridgehead atoms. The lowest BCUT2D eigenvalue weighted by molar-refractivity contribution is 0.393. The van der Waals surface area contributed by atoms with Crippen LogP contribution in [0, 0.1) is 5.92 Å². The molecule has 2 N–H and O–H groups in total. The molecule has 3 rings (SSSR count). The van der Waals surface area contributed by atoms with Crippen LogP contribution in [0.2, 0.25) is 0 Å². The zero-order chi connectivity index (χ0) is 10.3. The predicted molar refractivity (Wildman–Crippen MR) is 58.4 cm³/mol. The molecule has 2 aliphatic rings. The highest BCUT2D eigenvalue weighted by Crippen LogP contribution is 2.23. The van der Waals surface area contributed by atoms with Crippen molar-refractivity contribution in [3.63, 3.8) is 0 Å². The SMILES string of the molecule is CN1CCC(Cc2n[nH]c3c2CNC3)C1. The van der Waals surface area contributed by atoms with E-state index in [-0.39, 0.29) is 0 Å². The van der Waals surface area contributed by atoms with Gasteiger partial charge >= 0.3 is 0 Å². The molecule has 2 aliphatic heterocycles. The summed E-state index contributed by atoms with van der Waals surface area (Å²) in [6.07, 6.45) is 2.48. The molecule has 0 amide bonds. The van der Waals surface area contributed by atoms with Crippen molar-refractivity contribution in [3.8, 4) is 0 Å². The molecule has 4 heteroatoms. The second-order valence-corrected chi connectivity index (χ2v) is 4.85. The predicted octanol–water partition coefficient (Wildman–Crippen LogP) is 0.507.